The summed E-state index contributed by atoms with van der Waals surface area (Å²) in [4.78, 5) is 27.1. The number of H-pyrrole nitrogens is 1. The standard InChI is InChI=1S/C24H27N9O/c1-15-23(34)33(19-12-27-31(2)14-19)21-13-25-24(28-17-8-9-20-16(10-17)11-26-30-20)29-22(21)32(15)18-6-4-3-5-7-18/h8-15,18H,3-7H2,1-2H3,(H,26,30)(H,25,28,29)/t15-/m1/s1. The van der Waals surface area contributed by atoms with Gasteiger partial charge in [-0.2, -0.15) is 15.2 Å². The van der Waals surface area contributed by atoms with Gasteiger partial charge in [-0.05, 0) is 38.0 Å². The van der Waals surface area contributed by atoms with Crippen molar-refractivity contribution in [3.05, 3.63) is 43.0 Å². The Kier molecular flexibility index (Phi) is 4.93. The van der Waals surface area contributed by atoms with Crippen molar-refractivity contribution in [1.29, 1.82) is 0 Å². The topological polar surface area (TPSA) is 108 Å². The second-order valence-electron chi connectivity index (χ2n) is 9.12. The molecule has 4 aromatic rings. The zero-order valence-corrected chi connectivity index (χ0v) is 19.3. The molecule has 0 unspecified atom stereocenters. The Morgan fingerprint density at radius 2 is 1.97 bits per heavy atom. The van der Waals surface area contributed by atoms with Gasteiger partial charge in [-0.3, -0.25) is 19.5 Å². The van der Waals surface area contributed by atoms with Crippen LogP contribution >= 0.6 is 0 Å². The first-order valence-corrected chi connectivity index (χ1v) is 11.8. The van der Waals surface area contributed by atoms with Crippen LogP contribution in [0.25, 0.3) is 10.9 Å². The average molecular weight is 458 g/mol. The highest BCUT2D eigenvalue weighted by Crippen LogP contribution is 2.42. The lowest BCUT2D eigenvalue weighted by molar-refractivity contribution is -0.119. The Hall–Kier alpha value is -3.95. The van der Waals surface area contributed by atoms with E-state index in [9.17, 15) is 4.79 Å². The molecule has 1 atom stereocenters. The van der Waals surface area contributed by atoms with Crippen LogP contribution in [0.1, 0.15) is 39.0 Å². The lowest BCUT2D eigenvalue weighted by Crippen LogP contribution is -2.55. The molecular formula is C24H27N9O. The van der Waals surface area contributed by atoms with Gasteiger partial charge in [0.25, 0.3) is 5.91 Å². The molecule has 1 aliphatic carbocycles. The number of carbonyl (C=O) groups is 1. The van der Waals surface area contributed by atoms with Crippen molar-refractivity contribution in [2.45, 2.75) is 51.1 Å². The number of aryl methyl sites for hydroxylation is 1. The van der Waals surface area contributed by atoms with Gasteiger partial charge in [-0.1, -0.05) is 19.3 Å². The largest absolute Gasteiger partial charge is 0.340 e. The third-order valence-corrected chi connectivity index (χ3v) is 6.84. The molecule has 1 fully saturated rings. The summed E-state index contributed by atoms with van der Waals surface area (Å²) in [6.07, 6.45) is 12.8. The number of nitrogens with zero attached hydrogens (tertiary/aromatic N) is 7. The van der Waals surface area contributed by atoms with Gasteiger partial charge in [0.2, 0.25) is 5.95 Å². The molecule has 10 heteroatoms. The van der Waals surface area contributed by atoms with Crippen LogP contribution < -0.4 is 15.1 Å². The average Bonchev–Trinajstić information content (AvgIpc) is 3.49. The van der Waals surface area contributed by atoms with Gasteiger partial charge in [0.05, 0.1) is 29.8 Å². The summed E-state index contributed by atoms with van der Waals surface area (Å²) < 4.78 is 1.70. The van der Waals surface area contributed by atoms with Crippen molar-refractivity contribution in [2.24, 2.45) is 7.05 Å². The number of hydrogen-bond acceptors (Lipinski definition) is 7. The molecule has 0 saturated heterocycles. The molecule has 34 heavy (non-hydrogen) atoms. The van der Waals surface area contributed by atoms with Crippen LogP contribution in [0.2, 0.25) is 0 Å². The molecule has 0 bridgehead atoms. The number of fused-ring (bicyclic) bond motifs is 2. The fourth-order valence-electron chi connectivity index (χ4n) is 5.17. The Morgan fingerprint density at radius 1 is 1.12 bits per heavy atom. The highest BCUT2D eigenvalue weighted by Gasteiger charge is 2.41. The number of nitrogens with one attached hydrogen (secondary N) is 2. The van der Waals surface area contributed by atoms with E-state index in [1.54, 1.807) is 28.2 Å². The van der Waals surface area contributed by atoms with Gasteiger partial charge in [0.15, 0.2) is 5.82 Å². The van der Waals surface area contributed by atoms with E-state index in [-0.39, 0.29) is 18.0 Å². The number of aromatic nitrogens is 6. The Bertz CT molecular complexity index is 1350. The first-order chi connectivity index (χ1) is 16.6. The highest BCUT2D eigenvalue weighted by molar-refractivity contribution is 6.09. The van der Waals surface area contributed by atoms with E-state index in [0.29, 0.717) is 11.6 Å². The van der Waals surface area contributed by atoms with Crippen LogP contribution in [0.3, 0.4) is 0 Å². The minimum absolute atomic E-state index is 0.0146. The molecular weight excluding hydrogens is 430 g/mol. The highest BCUT2D eigenvalue weighted by atomic mass is 16.2. The minimum Gasteiger partial charge on any atom is -0.340 e. The first-order valence-electron chi connectivity index (χ1n) is 11.8. The molecule has 0 radical (unpaired) electrons. The molecule has 4 heterocycles. The monoisotopic (exact) mass is 457 g/mol. The van der Waals surface area contributed by atoms with Crippen molar-refractivity contribution < 1.29 is 4.79 Å². The second kappa shape index (κ2) is 8.12. The predicted molar refractivity (Wildman–Crippen MR) is 131 cm³/mol. The third-order valence-electron chi connectivity index (χ3n) is 6.84. The zero-order chi connectivity index (χ0) is 23.2. The molecule has 10 nitrogen and oxygen atoms in total. The number of anilines is 5. The number of benzene rings is 1. The van der Waals surface area contributed by atoms with Crippen molar-refractivity contribution in [3.8, 4) is 0 Å². The Balaban J connectivity index is 1.43. The molecule has 2 N–H and O–H groups in total. The van der Waals surface area contributed by atoms with Crippen LogP contribution in [-0.4, -0.2) is 47.9 Å². The smallest absolute Gasteiger partial charge is 0.254 e. The van der Waals surface area contributed by atoms with E-state index in [0.717, 1.165) is 40.9 Å². The summed E-state index contributed by atoms with van der Waals surface area (Å²) >= 11 is 0. The maximum absolute atomic E-state index is 13.6. The quantitative estimate of drug-likeness (QED) is 0.476. The molecule has 0 spiro atoms. The summed E-state index contributed by atoms with van der Waals surface area (Å²) in [5, 5.41) is 15.7. The van der Waals surface area contributed by atoms with E-state index >= 15 is 0 Å². The van der Waals surface area contributed by atoms with Gasteiger partial charge in [-0.25, -0.2) is 4.98 Å². The molecule has 1 saturated carbocycles. The van der Waals surface area contributed by atoms with Gasteiger partial charge in [0, 0.05) is 30.4 Å². The molecule has 174 valence electrons. The van der Waals surface area contributed by atoms with Crippen LogP contribution in [0.5, 0.6) is 0 Å². The SMILES string of the molecule is C[C@@H]1C(=O)N(c2cnn(C)c2)c2cnc(Nc3ccc4[nH]ncc4c3)nc2N1C1CCCCC1. The summed E-state index contributed by atoms with van der Waals surface area (Å²) in [6, 6.07) is 5.90. The summed E-state index contributed by atoms with van der Waals surface area (Å²) in [7, 11) is 1.84. The summed E-state index contributed by atoms with van der Waals surface area (Å²) in [5.74, 6) is 1.29. The van der Waals surface area contributed by atoms with Crippen molar-refractivity contribution in [3.63, 3.8) is 0 Å². The van der Waals surface area contributed by atoms with E-state index in [4.69, 9.17) is 4.98 Å². The normalized spacial score (nSPS) is 19.0. The van der Waals surface area contributed by atoms with Crippen LogP contribution in [0.4, 0.5) is 28.8 Å². The summed E-state index contributed by atoms with van der Waals surface area (Å²) in [6.45, 7) is 1.98. The van der Waals surface area contributed by atoms with E-state index in [1.807, 2.05) is 38.4 Å². The molecule has 1 amide bonds. The summed E-state index contributed by atoms with van der Waals surface area (Å²) in [5.41, 5.74) is 3.26. The van der Waals surface area contributed by atoms with Gasteiger partial charge in [0.1, 0.15) is 11.7 Å². The van der Waals surface area contributed by atoms with E-state index in [1.165, 1.54) is 19.3 Å². The number of aromatic amines is 1. The maximum atomic E-state index is 13.6. The van der Waals surface area contributed by atoms with Gasteiger partial charge < -0.3 is 10.2 Å². The molecule has 2 aliphatic rings. The van der Waals surface area contributed by atoms with Crippen LogP contribution in [0.15, 0.2) is 43.0 Å². The minimum atomic E-state index is -0.333. The lowest BCUT2D eigenvalue weighted by Gasteiger charge is -2.45. The molecule has 1 aliphatic heterocycles. The van der Waals surface area contributed by atoms with Crippen LogP contribution in [0, 0.1) is 0 Å². The van der Waals surface area contributed by atoms with Crippen LogP contribution in [-0.2, 0) is 11.8 Å². The third kappa shape index (κ3) is 3.46. The molecule has 6 rings (SSSR count). The number of carbonyl (C=O) groups excluding carboxylic acids is 1. The molecule has 1 aromatic carbocycles. The fraction of sp³-hybridized carbons (Fsp3) is 0.375. The number of amides is 1. The molecule has 3 aromatic heterocycles. The van der Waals surface area contributed by atoms with Crippen molar-refractivity contribution in [1.82, 2.24) is 29.9 Å². The van der Waals surface area contributed by atoms with Gasteiger partial charge in [-0.15, -0.1) is 0 Å². The second-order valence-corrected chi connectivity index (χ2v) is 9.12. The maximum Gasteiger partial charge on any atom is 0.254 e. The van der Waals surface area contributed by atoms with Gasteiger partial charge >= 0.3 is 0 Å². The fourth-order valence-corrected chi connectivity index (χ4v) is 5.17. The number of hydrogen-bond donors (Lipinski definition) is 2. The lowest BCUT2D eigenvalue weighted by atomic mass is 9.92. The van der Waals surface area contributed by atoms with E-state index < -0.39 is 0 Å². The van der Waals surface area contributed by atoms with Crippen molar-refractivity contribution in [2.75, 3.05) is 15.1 Å². The zero-order valence-electron chi connectivity index (χ0n) is 19.3. The Morgan fingerprint density at radius 3 is 2.76 bits per heavy atom. The first kappa shape index (κ1) is 20.6. The Labute approximate surface area is 197 Å². The predicted octanol–water partition coefficient (Wildman–Crippen LogP) is 4.04. The number of rotatable bonds is 4. The van der Waals surface area contributed by atoms with E-state index in [2.05, 4.69) is 30.5 Å². The van der Waals surface area contributed by atoms with Crippen molar-refractivity contribution >= 4 is 45.6 Å².